The summed E-state index contributed by atoms with van der Waals surface area (Å²) in [6.45, 7) is 5.77. The predicted octanol–water partition coefficient (Wildman–Crippen LogP) is 4.11. The van der Waals surface area contributed by atoms with Gasteiger partial charge in [-0.1, -0.05) is 30.5 Å². The maximum Gasteiger partial charge on any atom is 0.338 e. The van der Waals surface area contributed by atoms with Crippen LogP contribution < -0.4 is 14.8 Å². The normalized spacial score (nSPS) is 16.4. The third-order valence-corrected chi connectivity index (χ3v) is 6.71. The summed E-state index contributed by atoms with van der Waals surface area (Å²) in [7, 11) is 3.14. The molecule has 0 bridgehead atoms. The molecule has 1 aromatic heterocycles. The highest BCUT2D eigenvalue weighted by Crippen LogP contribution is 2.47. The van der Waals surface area contributed by atoms with E-state index in [4.69, 9.17) is 14.2 Å². The van der Waals surface area contributed by atoms with Crippen LogP contribution in [0.15, 0.2) is 82.6 Å². The molecule has 1 aromatic carbocycles. The van der Waals surface area contributed by atoms with Crippen LogP contribution in [-0.4, -0.2) is 47.8 Å². The van der Waals surface area contributed by atoms with Crippen LogP contribution in [0.2, 0.25) is 0 Å². The van der Waals surface area contributed by atoms with Crippen LogP contribution in [0.1, 0.15) is 30.6 Å². The highest BCUT2D eigenvalue weighted by atomic mass is 32.2. The predicted molar refractivity (Wildman–Crippen MR) is 142 cm³/mol. The summed E-state index contributed by atoms with van der Waals surface area (Å²) in [6.07, 6.45) is 3.27. The molecule has 192 valence electrons. The monoisotopic (exact) mass is 520 g/mol. The number of aliphatic imine (C=N–C) groups is 1. The van der Waals surface area contributed by atoms with Crippen LogP contribution in [0.4, 0.5) is 0 Å². The molecule has 4 rings (SSSR count). The lowest BCUT2D eigenvalue weighted by molar-refractivity contribution is -0.138. The van der Waals surface area contributed by atoms with E-state index in [1.165, 1.54) is 17.8 Å². The number of rotatable bonds is 10. The van der Waals surface area contributed by atoms with E-state index in [1.807, 2.05) is 34.6 Å². The SMILES string of the molecule is C=CCOC(=O)C1=C(C)N=C2SC=C(CC(=O)NCc3ccccn3)N2C1c1cc(OC)ccc1OC. The molecule has 1 N–H and O–H groups in total. The van der Waals surface area contributed by atoms with Crippen LogP contribution in [-0.2, 0) is 20.9 Å². The summed E-state index contributed by atoms with van der Waals surface area (Å²) >= 11 is 1.40. The van der Waals surface area contributed by atoms with Crippen molar-refractivity contribution in [3.05, 3.63) is 88.9 Å². The topological polar surface area (TPSA) is 102 Å². The van der Waals surface area contributed by atoms with Gasteiger partial charge in [0.05, 0.1) is 50.2 Å². The fourth-order valence-electron chi connectivity index (χ4n) is 4.11. The second-order valence-electron chi connectivity index (χ2n) is 8.16. The Hall–Kier alpha value is -4.05. The number of pyridine rings is 1. The van der Waals surface area contributed by atoms with Crippen molar-refractivity contribution in [1.82, 2.24) is 15.2 Å². The summed E-state index contributed by atoms with van der Waals surface area (Å²) in [4.78, 5) is 37.0. The Balaban J connectivity index is 1.69. The van der Waals surface area contributed by atoms with Gasteiger partial charge >= 0.3 is 5.97 Å². The molecule has 0 saturated heterocycles. The van der Waals surface area contributed by atoms with Gasteiger partial charge in [0.2, 0.25) is 5.91 Å². The number of benzene rings is 1. The number of amides is 1. The smallest absolute Gasteiger partial charge is 0.338 e. The summed E-state index contributed by atoms with van der Waals surface area (Å²) < 4.78 is 16.6. The van der Waals surface area contributed by atoms with Crippen molar-refractivity contribution < 1.29 is 23.8 Å². The Morgan fingerprint density at radius 2 is 2.05 bits per heavy atom. The van der Waals surface area contributed by atoms with Crippen LogP contribution in [0, 0.1) is 0 Å². The highest BCUT2D eigenvalue weighted by molar-refractivity contribution is 8.16. The molecule has 37 heavy (non-hydrogen) atoms. The average Bonchev–Trinajstić information content (AvgIpc) is 3.31. The third kappa shape index (κ3) is 5.69. The fourth-order valence-corrected chi connectivity index (χ4v) is 5.07. The van der Waals surface area contributed by atoms with E-state index in [9.17, 15) is 9.59 Å². The minimum Gasteiger partial charge on any atom is -0.497 e. The number of carbonyl (C=O) groups excluding carboxylic acids is 2. The van der Waals surface area contributed by atoms with Crippen LogP contribution >= 0.6 is 11.8 Å². The zero-order valence-corrected chi connectivity index (χ0v) is 21.7. The maximum absolute atomic E-state index is 13.3. The molecule has 2 aromatic rings. The van der Waals surface area contributed by atoms with E-state index < -0.39 is 12.0 Å². The van der Waals surface area contributed by atoms with Crippen LogP contribution in [0.5, 0.6) is 11.5 Å². The van der Waals surface area contributed by atoms with Gasteiger partial charge in [0.15, 0.2) is 5.17 Å². The van der Waals surface area contributed by atoms with Gasteiger partial charge in [0.25, 0.3) is 0 Å². The number of aromatic nitrogens is 1. The van der Waals surface area contributed by atoms with Crippen molar-refractivity contribution in [2.45, 2.75) is 25.9 Å². The minimum atomic E-state index is -0.653. The van der Waals surface area contributed by atoms with Crippen molar-refractivity contribution in [3.8, 4) is 11.5 Å². The minimum absolute atomic E-state index is 0.0571. The number of thioether (sulfide) groups is 1. The number of carbonyl (C=O) groups is 2. The average molecular weight is 521 g/mol. The summed E-state index contributed by atoms with van der Waals surface area (Å²) in [6, 6.07) is 10.3. The van der Waals surface area contributed by atoms with E-state index in [1.54, 1.807) is 39.5 Å². The molecule has 0 spiro atoms. The lowest BCUT2D eigenvalue weighted by Gasteiger charge is -2.36. The Kier molecular flexibility index (Phi) is 8.29. The molecule has 0 fully saturated rings. The second kappa shape index (κ2) is 11.8. The first-order chi connectivity index (χ1) is 18.0. The standard InChI is InChI=1S/C27H28N4O5S/c1-5-12-36-26(33)24-17(2)30-27-31(25(24)21-14-20(34-3)9-10-22(21)35-4)19(16-37-27)13-23(32)29-15-18-8-6-7-11-28-18/h5-11,14,16,25H,1,12-13,15H2,2-4H3,(H,29,32). The first-order valence-corrected chi connectivity index (χ1v) is 12.5. The zero-order valence-electron chi connectivity index (χ0n) is 20.9. The van der Waals surface area contributed by atoms with Gasteiger partial charge in [-0.05, 0) is 42.7 Å². The number of esters is 1. The highest BCUT2D eigenvalue weighted by Gasteiger charge is 2.42. The van der Waals surface area contributed by atoms with Crippen molar-refractivity contribution in [3.63, 3.8) is 0 Å². The van der Waals surface area contributed by atoms with Crippen molar-refractivity contribution >= 4 is 28.8 Å². The number of nitrogens with one attached hydrogen (secondary N) is 1. The molecule has 1 atom stereocenters. The molecule has 1 unspecified atom stereocenters. The molecule has 9 nitrogen and oxygen atoms in total. The number of ether oxygens (including phenoxy) is 3. The lowest BCUT2D eigenvalue weighted by atomic mass is 9.92. The van der Waals surface area contributed by atoms with Gasteiger partial charge in [-0.3, -0.25) is 9.78 Å². The fraction of sp³-hybridized carbons (Fsp3) is 0.259. The first kappa shape index (κ1) is 26.0. The quantitative estimate of drug-likeness (QED) is 0.369. The van der Waals surface area contributed by atoms with Gasteiger partial charge < -0.3 is 24.4 Å². The first-order valence-electron chi connectivity index (χ1n) is 11.6. The summed E-state index contributed by atoms with van der Waals surface area (Å²) in [5.41, 5.74) is 3.01. The number of methoxy groups -OCH3 is 2. The van der Waals surface area contributed by atoms with Gasteiger partial charge in [-0.2, -0.15) is 0 Å². The number of fused-ring (bicyclic) bond motifs is 1. The number of hydrogen-bond donors (Lipinski definition) is 1. The van der Waals surface area contributed by atoms with Crippen molar-refractivity contribution in [2.24, 2.45) is 4.99 Å². The van der Waals surface area contributed by atoms with Crippen LogP contribution in [0.3, 0.4) is 0 Å². The summed E-state index contributed by atoms with van der Waals surface area (Å²) in [5, 5.41) is 5.44. The van der Waals surface area contributed by atoms with E-state index in [0.717, 1.165) is 5.69 Å². The van der Waals surface area contributed by atoms with Gasteiger partial charge in [-0.15, -0.1) is 0 Å². The van der Waals surface area contributed by atoms with E-state index in [0.29, 0.717) is 45.7 Å². The third-order valence-electron chi connectivity index (χ3n) is 5.82. The molecule has 1 amide bonds. The van der Waals surface area contributed by atoms with Gasteiger partial charge in [0, 0.05) is 17.5 Å². The number of nitrogens with zero attached hydrogens (tertiary/aromatic N) is 3. The van der Waals surface area contributed by atoms with Crippen molar-refractivity contribution in [2.75, 3.05) is 20.8 Å². The van der Waals surface area contributed by atoms with Gasteiger partial charge in [0.1, 0.15) is 18.1 Å². The van der Waals surface area contributed by atoms with E-state index in [2.05, 4.69) is 21.9 Å². The molecule has 0 aliphatic carbocycles. The molecular weight excluding hydrogens is 492 g/mol. The van der Waals surface area contributed by atoms with Crippen LogP contribution in [0.25, 0.3) is 0 Å². The second-order valence-corrected chi connectivity index (χ2v) is 9.00. The summed E-state index contributed by atoms with van der Waals surface area (Å²) in [5.74, 6) is 0.453. The number of amidine groups is 1. The zero-order chi connectivity index (χ0) is 26.4. The number of allylic oxidation sites excluding steroid dienone is 1. The molecule has 0 radical (unpaired) electrons. The Morgan fingerprint density at radius 1 is 1.22 bits per heavy atom. The molecule has 10 heteroatoms. The Labute approximate surface area is 219 Å². The molecule has 2 aliphatic rings. The molecule has 2 aliphatic heterocycles. The Morgan fingerprint density at radius 3 is 2.76 bits per heavy atom. The largest absolute Gasteiger partial charge is 0.497 e. The van der Waals surface area contributed by atoms with Gasteiger partial charge in [-0.25, -0.2) is 9.79 Å². The Bertz CT molecular complexity index is 1290. The molecule has 3 heterocycles. The lowest BCUT2D eigenvalue weighted by Crippen LogP contribution is -2.38. The van der Waals surface area contributed by atoms with E-state index >= 15 is 0 Å². The molecule has 0 saturated carbocycles. The molecular formula is C27H28N4O5S. The number of hydrogen-bond acceptors (Lipinski definition) is 9. The maximum atomic E-state index is 13.3. The van der Waals surface area contributed by atoms with Crippen molar-refractivity contribution in [1.29, 1.82) is 0 Å². The van der Waals surface area contributed by atoms with E-state index in [-0.39, 0.29) is 18.9 Å².